The maximum absolute atomic E-state index is 8.95. The van der Waals surface area contributed by atoms with Crippen LogP contribution in [0.25, 0.3) is 11.6 Å². The van der Waals surface area contributed by atoms with Gasteiger partial charge in [-0.1, -0.05) is 42.3 Å². The third-order valence-corrected chi connectivity index (χ3v) is 8.16. The zero-order valence-corrected chi connectivity index (χ0v) is 19.0. The van der Waals surface area contributed by atoms with Crippen LogP contribution in [0, 0.1) is 11.3 Å². The molecule has 2 heterocycles. The first-order valence-electron chi connectivity index (χ1n) is 11.4. The molecule has 0 spiro atoms. The lowest BCUT2D eigenvalue weighted by Crippen LogP contribution is -2.50. The van der Waals surface area contributed by atoms with E-state index in [4.69, 9.17) is 5.26 Å². The Bertz CT molecular complexity index is 997. The van der Waals surface area contributed by atoms with E-state index in [1.54, 1.807) is 0 Å². The zero-order valence-electron chi connectivity index (χ0n) is 18.2. The molecule has 5 rings (SSSR count). The van der Waals surface area contributed by atoms with Gasteiger partial charge in [-0.05, 0) is 72.9 Å². The summed E-state index contributed by atoms with van der Waals surface area (Å²) in [6, 6.07) is 13.4. The Morgan fingerprint density at radius 1 is 1.16 bits per heavy atom. The maximum Gasteiger partial charge on any atom is 0.0669 e. The highest BCUT2D eigenvalue weighted by Crippen LogP contribution is 2.42. The summed E-state index contributed by atoms with van der Waals surface area (Å²) in [6.07, 6.45) is 12.9. The van der Waals surface area contributed by atoms with Crippen LogP contribution in [-0.2, 0) is 12.0 Å². The summed E-state index contributed by atoms with van der Waals surface area (Å²) in [5, 5.41) is 13.9. The zero-order chi connectivity index (χ0) is 21.3. The molecule has 4 nitrogen and oxygen atoms in total. The molecule has 1 N–H and O–H groups in total. The smallest absolute Gasteiger partial charge is 0.0669 e. The van der Waals surface area contributed by atoms with Crippen LogP contribution in [-0.4, -0.2) is 33.7 Å². The van der Waals surface area contributed by atoms with Gasteiger partial charge in [-0.2, -0.15) is 5.26 Å². The topological polar surface area (TPSA) is 52.0 Å². The Kier molecular flexibility index (Phi) is 5.88. The van der Waals surface area contributed by atoms with Gasteiger partial charge in [0.25, 0.3) is 0 Å². The SMILES string of the molecule is CC1(NC2CCN(SC3CC3)CC2)CC(c2ccc(CC#N)cc2)=Cc2ccncc21. The van der Waals surface area contributed by atoms with Crippen molar-refractivity contribution in [1.82, 2.24) is 14.6 Å². The molecule has 2 aromatic rings. The van der Waals surface area contributed by atoms with Gasteiger partial charge in [0.2, 0.25) is 0 Å². The lowest BCUT2D eigenvalue weighted by atomic mass is 9.76. The Hall–Kier alpha value is -2.13. The molecule has 0 radical (unpaired) electrons. The minimum atomic E-state index is -0.129. The van der Waals surface area contributed by atoms with Crippen LogP contribution in [0.15, 0.2) is 42.7 Å². The molecule has 160 valence electrons. The van der Waals surface area contributed by atoms with Gasteiger partial charge >= 0.3 is 0 Å². The van der Waals surface area contributed by atoms with E-state index in [1.165, 1.54) is 61.0 Å². The molecular weight excluding hydrogens is 400 g/mol. The standard InChI is InChI=1S/C26H30N4S/c1-26(29-23-10-14-30(15-11-23)31-24-6-7-24)17-22(16-21-9-13-28-18-25(21)26)20-4-2-19(3-5-20)8-12-27/h2-5,9,13,16,18,23-24,29H,6-8,10-11,14-15,17H2,1H3. The Morgan fingerprint density at radius 3 is 2.65 bits per heavy atom. The van der Waals surface area contributed by atoms with E-state index in [1.807, 2.05) is 12.4 Å². The molecule has 1 saturated heterocycles. The number of hydrogen-bond donors (Lipinski definition) is 1. The van der Waals surface area contributed by atoms with Crippen molar-refractivity contribution in [1.29, 1.82) is 5.26 Å². The maximum atomic E-state index is 8.95. The Labute approximate surface area is 189 Å². The van der Waals surface area contributed by atoms with Gasteiger partial charge in [0.1, 0.15) is 0 Å². The summed E-state index contributed by atoms with van der Waals surface area (Å²) in [5.41, 5.74) is 6.09. The highest BCUT2D eigenvalue weighted by Gasteiger charge is 2.36. The summed E-state index contributed by atoms with van der Waals surface area (Å²) < 4.78 is 2.59. The van der Waals surface area contributed by atoms with Crippen LogP contribution >= 0.6 is 11.9 Å². The van der Waals surface area contributed by atoms with Crippen LogP contribution in [0.4, 0.5) is 0 Å². The third kappa shape index (κ3) is 4.72. The molecule has 0 bridgehead atoms. The van der Waals surface area contributed by atoms with Gasteiger partial charge in [-0.3, -0.25) is 9.29 Å². The molecule has 1 unspecified atom stereocenters. The van der Waals surface area contributed by atoms with Crippen LogP contribution in [0.3, 0.4) is 0 Å². The third-order valence-electron chi connectivity index (χ3n) is 6.73. The number of benzene rings is 1. The van der Waals surface area contributed by atoms with E-state index in [0.29, 0.717) is 12.5 Å². The fourth-order valence-electron chi connectivity index (χ4n) is 4.89. The molecule has 2 aliphatic carbocycles. The van der Waals surface area contributed by atoms with E-state index in [9.17, 15) is 0 Å². The average molecular weight is 431 g/mol. The van der Waals surface area contributed by atoms with Gasteiger partial charge in [-0.15, -0.1) is 0 Å². The van der Waals surface area contributed by atoms with E-state index >= 15 is 0 Å². The number of pyridine rings is 1. The first-order valence-corrected chi connectivity index (χ1v) is 12.3. The van der Waals surface area contributed by atoms with Gasteiger partial charge < -0.3 is 5.32 Å². The fraction of sp³-hybridized carbons (Fsp3) is 0.462. The van der Waals surface area contributed by atoms with Gasteiger partial charge in [0.15, 0.2) is 0 Å². The molecule has 31 heavy (non-hydrogen) atoms. The van der Waals surface area contributed by atoms with Crippen molar-refractivity contribution >= 4 is 23.6 Å². The van der Waals surface area contributed by atoms with Crippen molar-refractivity contribution in [2.45, 2.75) is 62.3 Å². The second-order valence-electron chi connectivity index (χ2n) is 9.33. The number of nitrogens with zero attached hydrogens (tertiary/aromatic N) is 3. The molecule has 1 aliphatic heterocycles. The average Bonchev–Trinajstić information content (AvgIpc) is 3.60. The predicted molar refractivity (Wildman–Crippen MR) is 128 cm³/mol. The second-order valence-corrected chi connectivity index (χ2v) is 10.7. The van der Waals surface area contributed by atoms with Crippen LogP contribution < -0.4 is 5.32 Å². The van der Waals surface area contributed by atoms with E-state index in [0.717, 1.165) is 17.2 Å². The summed E-state index contributed by atoms with van der Waals surface area (Å²) in [4.78, 5) is 4.46. The number of nitriles is 1. The monoisotopic (exact) mass is 430 g/mol. The van der Waals surface area contributed by atoms with Gasteiger partial charge in [0.05, 0.1) is 12.5 Å². The van der Waals surface area contributed by atoms with Crippen molar-refractivity contribution in [3.05, 3.63) is 65.0 Å². The largest absolute Gasteiger partial charge is 0.304 e. The molecule has 1 aromatic carbocycles. The number of fused-ring (bicyclic) bond motifs is 1. The van der Waals surface area contributed by atoms with Crippen molar-refractivity contribution in [2.75, 3.05) is 13.1 Å². The molecule has 1 atom stereocenters. The number of aromatic nitrogens is 1. The van der Waals surface area contributed by atoms with Crippen LogP contribution in [0.1, 0.15) is 61.3 Å². The van der Waals surface area contributed by atoms with Crippen LogP contribution in [0.2, 0.25) is 0 Å². The van der Waals surface area contributed by atoms with E-state index in [2.05, 4.69) is 76.0 Å². The first kappa shape index (κ1) is 20.8. The number of nitrogens with one attached hydrogen (secondary N) is 1. The lowest BCUT2D eigenvalue weighted by molar-refractivity contribution is 0.241. The Balaban J connectivity index is 1.34. The van der Waals surface area contributed by atoms with Gasteiger partial charge in [-0.25, -0.2) is 0 Å². The molecule has 3 aliphatic rings. The van der Waals surface area contributed by atoms with Crippen molar-refractivity contribution in [3.8, 4) is 6.07 Å². The van der Waals surface area contributed by atoms with Crippen molar-refractivity contribution in [2.24, 2.45) is 0 Å². The first-order chi connectivity index (χ1) is 15.1. The summed E-state index contributed by atoms with van der Waals surface area (Å²) in [5.74, 6) is 0. The van der Waals surface area contributed by atoms with E-state index in [-0.39, 0.29) is 5.54 Å². The Morgan fingerprint density at radius 2 is 1.94 bits per heavy atom. The minimum Gasteiger partial charge on any atom is -0.304 e. The molecule has 1 saturated carbocycles. The number of rotatable bonds is 6. The predicted octanol–water partition coefficient (Wildman–Crippen LogP) is 5.17. The van der Waals surface area contributed by atoms with Gasteiger partial charge in [0, 0.05) is 42.3 Å². The molecule has 5 heteroatoms. The lowest BCUT2D eigenvalue weighted by Gasteiger charge is -2.42. The fourth-order valence-corrected chi connectivity index (χ4v) is 6.08. The van der Waals surface area contributed by atoms with Crippen LogP contribution in [0.5, 0.6) is 0 Å². The van der Waals surface area contributed by atoms with E-state index < -0.39 is 0 Å². The summed E-state index contributed by atoms with van der Waals surface area (Å²) in [7, 11) is 0. The summed E-state index contributed by atoms with van der Waals surface area (Å²) in [6.45, 7) is 4.70. The minimum absolute atomic E-state index is 0.129. The number of hydrogen-bond acceptors (Lipinski definition) is 5. The summed E-state index contributed by atoms with van der Waals surface area (Å²) >= 11 is 2.09. The van der Waals surface area contributed by atoms with Crippen molar-refractivity contribution < 1.29 is 0 Å². The highest BCUT2D eigenvalue weighted by atomic mass is 32.2. The quantitative estimate of drug-likeness (QED) is 0.641. The molecule has 0 amide bonds. The molecular formula is C26H30N4S. The molecule has 2 fully saturated rings. The second kappa shape index (κ2) is 8.78. The highest BCUT2D eigenvalue weighted by molar-refractivity contribution is 7.97. The normalized spacial score (nSPS) is 24.3. The molecule has 1 aromatic heterocycles. The van der Waals surface area contributed by atoms with Crippen molar-refractivity contribution in [3.63, 3.8) is 0 Å². The number of piperidine rings is 1.